The van der Waals surface area contributed by atoms with Crippen LogP contribution >= 0.6 is 15.9 Å². The first kappa shape index (κ1) is 14.4. The molecule has 2 aromatic rings. The van der Waals surface area contributed by atoms with E-state index in [-0.39, 0.29) is 11.6 Å². The zero-order valence-electron chi connectivity index (χ0n) is 9.65. The molecule has 0 spiro atoms. The number of amides is 1. The second-order valence-corrected chi connectivity index (χ2v) is 4.52. The van der Waals surface area contributed by atoms with Gasteiger partial charge in [0.2, 0.25) is 5.82 Å². The monoisotopic (exact) mass is 346 g/mol. The third-order valence-corrected chi connectivity index (χ3v) is 2.56. The molecule has 1 amide bonds. The van der Waals surface area contributed by atoms with E-state index in [2.05, 4.69) is 36.2 Å². The van der Waals surface area contributed by atoms with E-state index in [0.717, 1.165) is 18.3 Å². The van der Waals surface area contributed by atoms with Crippen LogP contribution in [0, 0.1) is 0 Å². The molecule has 0 aliphatic rings. The van der Waals surface area contributed by atoms with E-state index in [9.17, 15) is 18.0 Å². The zero-order valence-corrected chi connectivity index (χ0v) is 11.2. The van der Waals surface area contributed by atoms with Gasteiger partial charge in [0.25, 0.3) is 5.91 Å². The molecule has 0 radical (unpaired) electrons. The van der Waals surface area contributed by atoms with Gasteiger partial charge in [0, 0.05) is 18.6 Å². The standard InChI is InChI=1S/C11H6BrF3N4O/c12-7-4-17-9(18-5-7)10(20)19-8-3-6(1-2-16-8)11(13,14)15/h1-5H,(H,16,19,20). The van der Waals surface area contributed by atoms with Crippen molar-refractivity contribution in [3.8, 4) is 0 Å². The van der Waals surface area contributed by atoms with Gasteiger partial charge in [-0.1, -0.05) is 0 Å². The predicted octanol–water partition coefficient (Wildman–Crippen LogP) is 2.91. The lowest BCUT2D eigenvalue weighted by Gasteiger charge is -2.08. The minimum atomic E-state index is -4.50. The van der Waals surface area contributed by atoms with Crippen LogP contribution in [0.2, 0.25) is 0 Å². The van der Waals surface area contributed by atoms with Crippen molar-refractivity contribution >= 4 is 27.7 Å². The summed E-state index contributed by atoms with van der Waals surface area (Å²) in [6, 6.07) is 1.54. The van der Waals surface area contributed by atoms with Gasteiger partial charge in [0.15, 0.2) is 0 Å². The minimum absolute atomic E-state index is 0.174. The number of carbonyl (C=O) groups is 1. The lowest BCUT2D eigenvalue weighted by atomic mass is 10.2. The van der Waals surface area contributed by atoms with E-state index in [1.807, 2.05) is 0 Å². The van der Waals surface area contributed by atoms with Crippen LogP contribution in [0.15, 0.2) is 35.2 Å². The highest BCUT2D eigenvalue weighted by Gasteiger charge is 2.30. The molecule has 0 unspecified atom stereocenters. The highest BCUT2D eigenvalue weighted by Crippen LogP contribution is 2.29. The van der Waals surface area contributed by atoms with Crippen molar-refractivity contribution in [2.45, 2.75) is 6.18 Å². The third kappa shape index (κ3) is 3.50. The molecule has 0 bridgehead atoms. The highest BCUT2D eigenvalue weighted by atomic mass is 79.9. The second kappa shape index (κ2) is 5.53. The van der Waals surface area contributed by atoms with Crippen molar-refractivity contribution in [1.29, 1.82) is 0 Å². The first-order valence-corrected chi connectivity index (χ1v) is 5.98. The summed E-state index contributed by atoms with van der Waals surface area (Å²) >= 11 is 3.10. The second-order valence-electron chi connectivity index (χ2n) is 3.61. The van der Waals surface area contributed by atoms with Gasteiger partial charge in [-0.2, -0.15) is 13.2 Å². The Morgan fingerprint density at radius 2 is 1.85 bits per heavy atom. The first-order valence-electron chi connectivity index (χ1n) is 5.18. The predicted molar refractivity (Wildman–Crippen MR) is 66.9 cm³/mol. The summed E-state index contributed by atoms with van der Waals surface area (Å²) in [6.45, 7) is 0. The number of rotatable bonds is 2. The molecular weight excluding hydrogens is 341 g/mol. The molecule has 0 aliphatic carbocycles. The van der Waals surface area contributed by atoms with Crippen molar-refractivity contribution in [1.82, 2.24) is 15.0 Å². The number of nitrogens with zero attached hydrogens (tertiary/aromatic N) is 3. The summed E-state index contributed by atoms with van der Waals surface area (Å²) in [5.74, 6) is -1.15. The molecule has 0 aromatic carbocycles. The molecule has 2 aromatic heterocycles. The van der Waals surface area contributed by atoms with Crippen LogP contribution in [-0.4, -0.2) is 20.9 Å². The maximum Gasteiger partial charge on any atom is 0.416 e. The molecule has 0 saturated heterocycles. The molecule has 2 heterocycles. The SMILES string of the molecule is O=C(Nc1cc(C(F)(F)F)ccn1)c1ncc(Br)cn1. The molecule has 9 heteroatoms. The summed E-state index contributed by atoms with van der Waals surface area (Å²) < 4.78 is 38.1. The van der Waals surface area contributed by atoms with Crippen molar-refractivity contribution in [2.24, 2.45) is 0 Å². The Hall–Kier alpha value is -2.03. The van der Waals surface area contributed by atoms with E-state index >= 15 is 0 Å². The van der Waals surface area contributed by atoms with Crippen LogP contribution in [0.25, 0.3) is 0 Å². The summed E-state index contributed by atoms with van der Waals surface area (Å²) in [6.07, 6.45) is -0.847. The molecule has 0 atom stereocenters. The zero-order chi connectivity index (χ0) is 14.8. The fourth-order valence-electron chi connectivity index (χ4n) is 1.28. The fraction of sp³-hybridized carbons (Fsp3) is 0.0909. The molecule has 0 saturated carbocycles. The summed E-state index contributed by atoms with van der Waals surface area (Å²) in [7, 11) is 0. The smallest absolute Gasteiger partial charge is 0.304 e. The van der Waals surface area contributed by atoms with Crippen LogP contribution in [0.4, 0.5) is 19.0 Å². The number of anilines is 1. The summed E-state index contributed by atoms with van der Waals surface area (Å²) in [5.41, 5.74) is -0.903. The Bertz CT molecular complexity index is 630. The highest BCUT2D eigenvalue weighted by molar-refractivity contribution is 9.10. The van der Waals surface area contributed by atoms with E-state index in [1.54, 1.807) is 0 Å². The Kier molecular flexibility index (Phi) is 3.98. The van der Waals surface area contributed by atoms with Gasteiger partial charge in [0.05, 0.1) is 10.0 Å². The molecular formula is C11H6BrF3N4O. The first-order chi connectivity index (χ1) is 9.36. The minimum Gasteiger partial charge on any atom is -0.304 e. The van der Waals surface area contributed by atoms with Crippen LogP contribution in [0.1, 0.15) is 16.2 Å². The number of pyridine rings is 1. The lowest BCUT2D eigenvalue weighted by Crippen LogP contribution is -2.17. The number of aromatic nitrogens is 3. The summed E-state index contributed by atoms with van der Waals surface area (Å²) in [5, 5.41) is 2.20. The largest absolute Gasteiger partial charge is 0.416 e. The van der Waals surface area contributed by atoms with E-state index in [1.165, 1.54) is 12.4 Å². The number of halogens is 4. The Morgan fingerprint density at radius 1 is 1.20 bits per heavy atom. The average Bonchev–Trinajstić information content (AvgIpc) is 2.38. The molecule has 0 fully saturated rings. The van der Waals surface area contributed by atoms with Crippen LogP contribution < -0.4 is 5.32 Å². The molecule has 5 nitrogen and oxygen atoms in total. The van der Waals surface area contributed by atoms with Crippen molar-refractivity contribution in [2.75, 3.05) is 5.32 Å². The van der Waals surface area contributed by atoms with E-state index in [4.69, 9.17) is 0 Å². The Labute approximate surface area is 119 Å². The average molecular weight is 347 g/mol. The van der Waals surface area contributed by atoms with Crippen molar-refractivity contribution < 1.29 is 18.0 Å². The number of nitrogens with one attached hydrogen (secondary N) is 1. The van der Waals surface area contributed by atoms with Gasteiger partial charge in [-0.15, -0.1) is 0 Å². The van der Waals surface area contributed by atoms with Crippen molar-refractivity contribution in [3.05, 3.63) is 46.6 Å². The summed E-state index contributed by atoms with van der Waals surface area (Å²) in [4.78, 5) is 22.8. The number of carbonyl (C=O) groups excluding carboxylic acids is 1. The van der Waals surface area contributed by atoms with E-state index < -0.39 is 17.6 Å². The maximum absolute atomic E-state index is 12.5. The van der Waals surface area contributed by atoms with E-state index in [0.29, 0.717) is 4.47 Å². The fourth-order valence-corrected chi connectivity index (χ4v) is 1.48. The van der Waals surface area contributed by atoms with Gasteiger partial charge in [-0.25, -0.2) is 15.0 Å². The van der Waals surface area contributed by atoms with Gasteiger partial charge in [-0.05, 0) is 28.1 Å². The molecule has 0 aliphatic heterocycles. The quantitative estimate of drug-likeness (QED) is 0.907. The van der Waals surface area contributed by atoms with Gasteiger partial charge in [0.1, 0.15) is 5.82 Å². The van der Waals surface area contributed by atoms with Crippen LogP contribution in [-0.2, 0) is 6.18 Å². The Morgan fingerprint density at radius 3 is 2.45 bits per heavy atom. The van der Waals surface area contributed by atoms with Crippen LogP contribution in [0.5, 0.6) is 0 Å². The number of hydrogen-bond donors (Lipinski definition) is 1. The Balaban J connectivity index is 2.18. The number of hydrogen-bond acceptors (Lipinski definition) is 4. The molecule has 104 valence electrons. The topological polar surface area (TPSA) is 67.8 Å². The van der Waals surface area contributed by atoms with Crippen molar-refractivity contribution in [3.63, 3.8) is 0 Å². The number of alkyl halides is 3. The molecule has 2 rings (SSSR count). The molecule has 1 N–H and O–H groups in total. The normalized spacial score (nSPS) is 11.2. The third-order valence-electron chi connectivity index (χ3n) is 2.15. The van der Waals surface area contributed by atoms with Gasteiger partial charge < -0.3 is 5.32 Å². The van der Waals surface area contributed by atoms with Crippen LogP contribution in [0.3, 0.4) is 0 Å². The van der Waals surface area contributed by atoms with Gasteiger partial charge in [-0.3, -0.25) is 4.79 Å². The van der Waals surface area contributed by atoms with Gasteiger partial charge >= 0.3 is 6.18 Å². The lowest BCUT2D eigenvalue weighted by molar-refractivity contribution is -0.137. The molecule has 20 heavy (non-hydrogen) atoms. The maximum atomic E-state index is 12.5.